The van der Waals surface area contributed by atoms with E-state index in [0.29, 0.717) is 16.3 Å². The van der Waals surface area contributed by atoms with E-state index in [1.165, 1.54) is 12.3 Å². The minimum Gasteiger partial charge on any atom is -0.320 e. The summed E-state index contributed by atoms with van der Waals surface area (Å²) in [6, 6.07) is 12.7. The van der Waals surface area contributed by atoms with E-state index < -0.39 is 0 Å². The van der Waals surface area contributed by atoms with Gasteiger partial charge in [-0.15, -0.1) is 0 Å². The van der Waals surface area contributed by atoms with Crippen molar-refractivity contribution in [2.24, 2.45) is 0 Å². The number of likely N-dealkylation sites (tertiary alicyclic amines) is 1. The minimum atomic E-state index is -0.269. The molecule has 3 aromatic rings. The maximum atomic E-state index is 12.7. The maximum absolute atomic E-state index is 12.7. The number of carbonyl (C=O) groups is 1. The molecule has 1 saturated heterocycles. The summed E-state index contributed by atoms with van der Waals surface area (Å²) in [5.41, 5.74) is 3.07. The van der Waals surface area contributed by atoms with E-state index >= 15 is 0 Å². The molecule has 4 rings (SSSR count). The van der Waals surface area contributed by atoms with Gasteiger partial charge in [0.25, 0.3) is 5.91 Å². The van der Waals surface area contributed by atoms with Crippen LogP contribution in [0.5, 0.6) is 0 Å². The normalized spacial score (nSPS) is 15.1. The van der Waals surface area contributed by atoms with Gasteiger partial charge in [-0.1, -0.05) is 59.1 Å². The molecule has 3 heterocycles. The molecule has 2 aromatic heterocycles. The minimum absolute atomic E-state index is 0.245. The first-order valence-corrected chi connectivity index (χ1v) is 11.8. The summed E-state index contributed by atoms with van der Waals surface area (Å²) < 4.78 is 0. The summed E-state index contributed by atoms with van der Waals surface area (Å²) in [5.74, 6) is -0.0236. The van der Waals surface area contributed by atoms with Gasteiger partial charge in [0.1, 0.15) is 5.15 Å². The second-order valence-electron chi connectivity index (χ2n) is 7.94. The molecule has 170 valence electrons. The van der Waals surface area contributed by atoms with Gasteiger partial charge in [-0.3, -0.25) is 14.7 Å². The number of carbonyl (C=O) groups excluding carboxylic acids is 1. The van der Waals surface area contributed by atoms with Gasteiger partial charge in [0.05, 0.1) is 16.4 Å². The van der Waals surface area contributed by atoms with Crippen LogP contribution in [0.15, 0.2) is 60.9 Å². The Bertz CT molecular complexity index is 1140. The Morgan fingerprint density at radius 2 is 1.79 bits per heavy atom. The largest absolute Gasteiger partial charge is 0.320 e. The summed E-state index contributed by atoms with van der Waals surface area (Å²) in [6.07, 6.45) is 9.33. The highest BCUT2D eigenvalue weighted by Gasteiger charge is 2.24. The lowest BCUT2D eigenvalue weighted by Crippen LogP contribution is -2.33. The van der Waals surface area contributed by atoms with Crippen molar-refractivity contribution in [2.45, 2.75) is 18.8 Å². The molecule has 8 heteroatoms. The Kier molecular flexibility index (Phi) is 7.99. The average Bonchev–Trinajstić information content (AvgIpc) is 2.81. The van der Waals surface area contributed by atoms with E-state index in [-0.39, 0.29) is 17.0 Å². The van der Waals surface area contributed by atoms with Gasteiger partial charge in [-0.2, -0.15) is 0 Å². The SMILES string of the molecule is O=C(Nc1cc(Cl)cnc1C1CCN(CC=Cc2ccc(Cl)cc2)CC1)c1ccnc(Cl)c1. The number of hydrogen-bond acceptors (Lipinski definition) is 4. The summed E-state index contributed by atoms with van der Waals surface area (Å²) in [6.45, 7) is 2.79. The van der Waals surface area contributed by atoms with Crippen LogP contribution in [0, 0.1) is 0 Å². The zero-order valence-corrected chi connectivity index (χ0v) is 20.1. The Morgan fingerprint density at radius 1 is 1.03 bits per heavy atom. The predicted molar refractivity (Wildman–Crippen MR) is 135 cm³/mol. The van der Waals surface area contributed by atoms with Crippen molar-refractivity contribution in [3.05, 3.63) is 93.0 Å². The number of amides is 1. The molecule has 0 saturated carbocycles. The van der Waals surface area contributed by atoms with Gasteiger partial charge >= 0.3 is 0 Å². The molecular weight excluding hydrogens is 479 g/mol. The highest BCUT2D eigenvalue weighted by molar-refractivity contribution is 6.31. The highest BCUT2D eigenvalue weighted by atomic mass is 35.5. The van der Waals surface area contributed by atoms with Crippen LogP contribution in [0.2, 0.25) is 15.2 Å². The molecule has 0 bridgehead atoms. The lowest BCUT2D eigenvalue weighted by molar-refractivity contribution is 0.102. The molecule has 1 aliphatic rings. The monoisotopic (exact) mass is 500 g/mol. The molecule has 1 aliphatic heterocycles. The van der Waals surface area contributed by atoms with Gasteiger partial charge in [-0.25, -0.2) is 4.98 Å². The van der Waals surface area contributed by atoms with Crippen molar-refractivity contribution in [1.29, 1.82) is 0 Å². The zero-order valence-electron chi connectivity index (χ0n) is 17.8. The van der Waals surface area contributed by atoms with Crippen molar-refractivity contribution in [2.75, 3.05) is 25.0 Å². The summed E-state index contributed by atoms with van der Waals surface area (Å²) >= 11 is 18.0. The van der Waals surface area contributed by atoms with Crippen LogP contribution in [0.25, 0.3) is 6.08 Å². The highest BCUT2D eigenvalue weighted by Crippen LogP contribution is 2.33. The van der Waals surface area contributed by atoms with Crippen LogP contribution in [0.1, 0.15) is 40.4 Å². The second kappa shape index (κ2) is 11.1. The smallest absolute Gasteiger partial charge is 0.255 e. The van der Waals surface area contributed by atoms with E-state index in [1.807, 2.05) is 24.3 Å². The Morgan fingerprint density at radius 3 is 2.52 bits per heavy atom. The fourth-order valence-corrected chi connectivity index (χ4v) is 4.37. The van der Waals surface area contributed by atoms with Crippen LogP contribution >= 0.6 is 34.8 Å². The van der Waals surface area contributed by atoms with Gasteiger partial charge in [0, 0.05) is 35.4 Å². The van der Waals surface area contributed by atoms with E-state index in [0.717, 1.165) is 48.8 Å². The van der Waals surface area contributed by atoms with Crippen LogP contribution < -0.4 is 5.32 Å². The third kappa shape index (κ3) is 6.55. The topological polar surface area (TPSA) is 58.1 Å². The molecule has 0 aliphatic carbocycles. The molecule has 1 fully saturated rings. The molecule has 0 atom stereocenters. The van der Waals surface area contributed by atoms with Gasteiger partial charge < -0.3 is 5.32 Å². The first kappa shape index (κ1) is 23.7. The van der Waals surface area contributed by atoms with E-state index in [2.05, 4.69) is 32.3 Å². The standard InChI is InChI=1S/C25H23Cl3N4O/c26-20-5-3-17(4-6-20)2-1-11-32-12-8-18(9-13-32)24-22(15-21(27)16-30-24)31-25(33)19-7-10-29-23(28)14-19/h1-7,10,14-16,18H,8-9,11-13H2,(H,31,33). The fraction of sp³-hybridized carbons (Fsp3) is 0.240. The molecule has 33 heavy (non-hydrogen) atoms. The molecule has 1 N–H and O–H groups in total. The van der Waals surface area contributed by atoms with Crippen molar-refractivity contribution in [3.8, 4) is 0 Å². The number of pyridine rings is 2. The number of nitrogens with one attached hydrogen (secondary N) is 1. The number of piperidine rings is 1. The molecule has 0 spiro atoms. The fourth-order valence-electron chi connectivity index (χ4n) is 3.91. The number of hydrogen-bond donors (Lipinski definition) is 1. The van der Waals surface area contributed by atoms with Crippen molar-refractivity contribution in [1.82, 2.24) is 14.9 Å². The van der Waals surface area contributed by atoms with E-state index in [9.17, 15) is 4.79 Å². The Hall–Kier alpha value is -2.44. The molecule has 0 unspecified atom stereocenters. The predicted octanol–water partition coefficient (Wildman–Crippen LogP) is 6.58. The summed E-state index contributed by atoms with van der Waals surface area (Å²) in [7, 11) is 0. The van der Waals surface area contributed by atoms with E-state index in [1.54, 1.807) is 18.3 Å². The van der Waals surface area contributed by atoms with Crippen molar-refractivity contribution >= 4 is 52.5 Å². The molecule has 0 radical (unpaired) electrons. The second-order valence-corrected chi connectivity index (χ2v) is 9.20. The Labute approximate surface area is 208 Å². The Balaban J connectivity index is 1.38. The molecule has 1 aromatic carbocycles. The third-order valence-corrected chi connectivity index (χ3v) is 6.31. The maximum Gasteiger partial charge on any atom is 0.255 e. The number of halogens is 3. The van der Waals surface area contributed by atoms with Crippen LogP contribution in [-0.2, 0) is 0 Å². The van der Waals surface area contributed by atoms with E-state index in [4.69, 9.17) is 34.8 Å². The number of benzene rings is 1. The number of rotatable bonds is 6. The van der Waals surface area contributed by atoms with Crippen molar-refractivity contribution in [3.63, 3.8) is 0 Å². The summed E-state index contributed by atoms with van der Waals surface area (Å²) in [4.78, 5) is 23.6. The van der Waals surface area contributed by atoms with Crippen LogP contribution in [-0.4, -0.2) is 40.4 Å². The molecular formula is C25H23Cl3N4O. The first-order valence-electron chi connectivity index (χ1n) is 10.7. The molecule has 5 nitrogen and oxygen atoms in total. The van der Waals surface area contributed by atoms with Gasteiger partial charge in [0.2, 0.25) is 0 Å². The third-order valence-electron chi connectivity index (χ3n) is 5.64. The lowest BCUT2D eigenvalue weighted by Gasteiger charge is -2.31. The van der Waals surface area contributed by atoms with Gasteiger partial charge in [-0.05, 0) is 61.8 Å². The summed E-state index contributed by atoms with van der Waals surface area (Å²) in [5, 5.41) is 4.44. The number of anilines is 1. The quantitative estimate of drug-likeness (QED) is 0.388. The number of nitrogens with zero attached hydrogens (tertiary/aromatic N) is 3. The first-order chi connectivity index (χ1) is 16.0. The van der Waals surface area contributed by atoms with Crippen molar-refractivity contribution < 1.29 is 4.79 Å². The van der Waals surface area contributed by atoms with Crippen LogP contribution in [0.4, 0.5) is 5.69 Å². The number of aromatic nitrogens is 2. The van der Waals surface area contributed by atoms with Crippen LogP contribution in [0.3, 0.4) is 0 Å². The van der Waals surface area contributed by atoms with Gasteiger partial charge in [0.15, 0.2) is 0 Å². The molecule has 1 amide bonds. The zero-order chi connectivity index (χ0) is 23.2. The average molecular weight is 502 g/mol. The lowest BCUT2D eigenvalue weighted by atomic mass is 9.92.